The highest BCUT2D eigenvalue weighted by Gasteiger charge is 2.25. The number of hydrazone groups is 1. The van der Waals surface area contributed by atoms with Crippen molar-refractivity contribution in [2.45, 2.75) is 19.4 Å². The van der Waals surface area contributed by atoms with E-state index in [1.54, 1.807) is 0 Å². The van der Waals surface area contributed by atoms with Gasteiger partial charge in [0.1, 0.15) is 10.7 Å². The maximum Gasteiger partial charge on any atom is 0.273 e. The first-order valence-electron chi connectivity index (χ1n) is 8.81. The van der Waals surface area contributed by atoms with Crippen LogP contribution in [0.4, 0.5) is 5.13 Å². The van der Waals surface area contributed by atoms with Gasteiger partial charge >= 0.3 is 0 Å². The van der Waals surface area contributed by atoms with E-state index in [9.17, 15) is 9.59 Å². The van der Waals surface area contributed by atoms with Crippen LogP contribution in [0, 0.1) is 0 Å². The lowest BCUT2D eigenvalue weighted by molar-refractivity contribution is -0.132. The number of nitrogens with zero attached hydrogens (tertiary/aromatic N) is 4. The van der Waals surface area contributed by atoms with Crippen molar-refractivity contribution in [1.82, 2.24) is 15.2 Å². The summed E-state index contributed by atoms with van der Waals surface area (Å²) >= 11 is 1.29. The summed E-state index contributed by atoms with van der Waals surface area (Å²) in [7, 11) is 0. The van der Waals surface area contributed by atoms with Gasteiger partial charge in [0.15, 0.2) is 0 Å². The number of carbonyl (C=O) groups is 2. The quantitative estimate of drug-likeness (QED) is 0.723. The Labute approximate surface area is 165 Å². The van der Waals surface area contributed by atoms with E-state index in [0.717, 1.165) is 16.1 Å². The van der Waals surface area contributed by atoms with Crippen LogP contribution in [-0.4, -0.2) is 32.7 Å². The summed E-state index contributed by atoms with van der Waals surface area (Å²) in [6.07, 6.45) is 0.560. The van der Waals surface area contributed by atoms with E-state index in [1.165, 1.54) is 16.3 Å². The van der Waals surface area contributed by atoms with E-state index in [2.05, 4.69) is 20.6 Å². The van der Waals surface area contributed by atoms with Crippen LogP contribution in [0.5, 0.6) is 0 Å². The molecule has 0 atom stereocenters. The van der Waals surface area contributed by atoms with Gasteiger partial charge in [-0.3, -0.25) is 14.9 Å². The number of aromatic nitrogens is 2. The zero-order chi connectivity index (χ0) is 19.3. The molecule has 2 heterocycles. The number of anilines is 1. The number of hydrogen-bond donors (Lipinski definition) is 1. The molecule has 8 heteroatoms. The first kappa shape index (κ1) is 18.0. The SMILES string of the molecule is O=C(Nc1nnc(-c2ccccc2)s1)C1=NN(Cc2ccccc2)C(=O)CC1. The van der Waals surface area contributed by atoms with Crippen molar-refractivity contribution in [2.75, 3.05) is 5.32 Å². The third-order valence-corrected chi connectivity index (χ3v) is 5.10. The Balaban J connectivity index is 1.46. The lowest BCUT2D eigenvalue weighted by Gasteiger charge is -2.23. The Morgan fingerprint density at radius 1 is 1.00 bits per heavy atom. The Morgan fingerprint density at radius 2 is 1.71 bits per heavy atom. The molecule has 4 rings (SSSR count). The second kappa shape index (κ2) is 8.10. The smallest absolute Gasteiger partial charge is 0.273 e. The molecule has 1 N–H and O–H groups in total. The third kappa shape index (κ3) is 4.12. The number of benzene rings is 2. The highest BCUT2D eigenvalue weighted by atomic mass is 32.1. The molecule has 1 aliphatic heterocycles. The Hall–Kier alpha value is -3.39. The van der Waals surface area contributed by atoms with Gasteiger partial charge in [0.05, 0.1) is 6.54 Å². The highest BCUT2D eigenvalue weighted by molar-refractivity contribution is 7.18. The number of rotatable bonds is 5. The van der Waals surface area contributed by atoms with E-state index in [4.69, 9.17) is 0 Å². The number of carbonyl (C=O) groups excluding carboxylic acids is 2. The van der Waals surface area contributed by atoms with Gasteiger partial charge in [-0.15, -0.1) is 10.2 Å². The van der Waals surface area contributed by atoms with E-state index in [-0.39, 0.29) is 18.2 Å². The molecule has 140 valence electrons. The van der Waals surface area contributed by atoms with Crippen LogP contribution >= 0.6 is 11.3 Å². The molecule has 0 radical (unpaired) electrons. The van der Waals surface area contributed by atoms with Crippen LogP contribution < -0.4 is 5.32 Å². The molecule has 0 saturated heterocycles. The van der Waals surface area contributed by atoms with Crippen molar-refractivity contribution < 1.29 is 9.59 Å². The topological polar surface area (TPSA) is 87.6 Å². The van der Waals surface area contributed by atoms with Crippen molar-refractivity contribution in [2.24, 2.45) is 5.10 Å². The molecule has 0 fully saturated rings. The van der Waals surface area contributed by atoms with Crippen LogP contribution in [0.3, 0.4) is 0 Å². The van der Waals surface area contributed by atoms with Gasteiger partial charge in [0.25, 0.3) is 5.91 Å². The van der Waals surface area contributed by atoms with E-state index in [1.807, 2.05) is 60.7 Å². The maximum absolute atomic E-state index is 12.6. The number of hydrogen-bond acceptors (Lipinski definition) is 6. The summed E-state index contributed by atoms with van der Waals surface area (Å²) in [4.78, 5) is 24.7. The Morgan fingerprint density at radius 3 is 2.46 bits per heavy atom. The van der Waals surface area contributed by atoms with E-state index in [0.29, 0.717) is 23.8 Å². The monoisotopic (exact) mass is 391 g/mol. The van der Waals surface area contributed by atoms with Gasteiger partial charge in [-0.25, -0.2) is 5.01 Å². The number of amides is 2. The average Bonchev–Trinajstić information content (AvgIpc) is 3.19. The molecule has 3 aromatic rings. The van der Waals surface area contributed by atoms with Crippen molar-refractivity contribution in [3.63, 3.8) is 0 Å². The van der Waals surface area contributed by atoms with Crippen molar-refractivity contribution in [3.8, 4) is 10.6 Å². The number of nitrogens with one attached hydrogen (secondary N) is 1. The molecule has 0 aliphatic carbocycles. The fourth-order valence-electron chi connectivity index (χ4n) is 2.79. The molecule has 2 amide bonds. The van der Waals surface area contributed by atoms with Gasteiger partial charge in [0.2, 0.25) is 11.0 Å². The van der Waals surface area contributed by atoms with Gasteiger partial charge in [0, 0.05) is 18.4 Å². The van der Waals surface area contributed by atoms with Gasteiger partial charge < -0.3 is 0 Å². The zero-order valence-electron chi connectivity index (χ0n) is 14.9. The minimum Gasteiger partial charge on any atom is -0.295 e. The zero-order valence-corrected chi connectivity index (χ0v) is 15.7. The average molecular weight is 391 g/mol. The Kier molecular flexibility index (Phi) is 5.20. The van der Waals surface area contributed by atoms with Crippen molar-refractivity contribution in [1.29, 1.82) is 0 Å². The van der Waals surface area contributed by atoms with E-state index < -0.39 is 0 Å². The Bertz CT molecular complexity index is 1020. The summed E-state index contributed by atoms with van der Waals surface area (Å²) in [5.41, 5.74) is 2.21. The summed E-state index contributed by atoms with van der Waals surface area (Å²) in [5, 5.41) is 17.6. The molecule has 1 aromatic heterocycles. The van der Waals surface area contributed by atoms with Crippen LogP contribution in [0.25, 0.3) is 10.6 Å². The summed E-state index contributed by atoms with van der Waals surface area (Å²) in [5.74, 6) is -0.455. The maximum atomic E-state index is 12.6. The molecule has 2 aromatic carbocycles. The van der Waals surface area contributed by atoms with E-state index >= 15 is 0 Å². The second-order valence-electron chi connectivity index (χ2n) is 6.22. The van der Waals surface area contributed by atoms with Crippen LogP contribution in [0.15, 0.2) is 65.8 Å². The fourth-order valence-corrected chi connectivity index (χ4v) is 3.53. The van der Waals surface area contributed by atoms with Crippen LogP contribution in [0.1, 0.15) is 18.4 Å². The molecule has 7 nitrogen and oxygen atoms in total. The fraction of sp³-hybridized carbons (Fsp3) is 0.150. The molecule has 0 bridgehead atoms. The third-order valence-electron chi connectivity index (χ3n) is 4.21. The molecule has 0 spiro atoms. The molecule has 0 saturated carbocycles. The molecular weight excluding hydrogens is 374 g/mol. The van der Waals surface area contributed by atoms with Gasteiger partial charge in [-0.2, -0.15) is 5.10 Å². The van der Waals surface area contributed by atoms with Gasteiger partial charge in [-0.1, -0.05) is 72.0 Å². The molecule has 1 aliphatic rings. The van der Waals surface area contributed by atoms with Crippen molar-refractivity contribution >= 4 is 34.0 Å². The highest BCUT2D eigenvalue weighted by Crippen LogP contribution is 2.26. The first-order valence-corrected chi connectivity index (χ1v) is 9.63. The standard InChI is InChI=1S/C20H17N5O2S/c26-17-12-11-16(24-25(17)13-14-7-3-1-4-8-14)18(27)21-20-23-22-19(28-20)15-9-5-2-6-10-15/h1-10H,11-13H2,(H,21,23,27). The summed E-state index contributed by atoms with van der Waals surface area (Å²) in [6.45, 7) is 0.341. The molecule has 0 unspecified atom stereocenters. The minimum absolute atomic E-state index is 0.0947. The van der Waals surface area contributed by atoms with Crippen molar-refractivity contribution in [3.05, 3.63) is 66.2 Å². The normalized spacial score (nSPS) is 13.9. The van der Waals surface area contributed by atoms with Crippen LogP contribution in [-0.2, 0) is 16.1 Å². The second-order valence-corrected chi connectivity index (χ2v) is 7.19. The minimum atomic E-state index is -0.360. The lowest BCUT2D eigenvalue weighted by atomic mass is 10.1. The van der Waals surface area contributed by atoms with Crippen LogP contribution in [0.2, 0.25) is 0 Å². The molecular formula is C20H17N5O2S. The first-order chi connectivity index (χ1) is 13.7. The summed E-state index contributed by atoms with van der Waals surface area (Å²) < 4.78 is 0. The lowest BCUT2D eigenvalue weighted by Crippen LogP contribution is -2.36. The largest absolute Gasteiger partial charge is 0.295 e. The molecule has 28 heavy (non-hydrogen) atoms. The predicted molar refractivity (Wildman–Crippen MR) is 108 cm³/mol. The van der Waals surface area contributed by atoms with Gasteiger partial charge in [-0.05, 0) is 5.56 Å². The summed E-state index contributed by atoms with van der Waals surface area (Å²) in [6, 6.07) is 19.2. The predicted octanol–water partition coefficient (Wildman–Crippen LogP) is 3.32.